The number of rotatable bonds is 4. The molecule has 0 aromatic heterocycles. The van der Waals surface area contributed by atoms with Gasteiger partial charge < -0.3 is 9.57 Å². The van der Waals surface area contributed by atoms with Crippen molar-refractivity contribution in [3.63, 3.8) is 0 Å². The molecule has 0 aliphatic rings. The van der Waals surface area contributed by atoms with Crippen LogP contribution in [0.4, 0.5) is 0 Å². The number of oxime groups is 1. The van der Waals surface area contributed by atoms with Crippen molar-refractivity contribution in [3.05, 3.63) is 35.9 Å². The molecule has 4 nitrogen and oxygen atoms in total. The number of hydrogen-bond donors (Lipinski definition) is 0. The van der Waals surface area contributed by atoms with Gasteiger partial charge in [0, 0.05) is 5.56 Å². The quantitative estimate of drug-likeness (QED) is 0.428. The lowest BCUT2D eigenvalue weighted by atomic mass is 10.1. The van der Waals surface area contributed by atoms with E-state index in [-0.39, 0.29) is 5.71 Å². The standard InChI is InChI=1S/C11H13NO3/c1-3-15-11(13)10(12-14-2)9-7-5-4-6-8-9/h4-8H,3H2,1-2H3/b12-10-. The number of hydrogen-bond acceptors (Lipinski definition) is 4. The van der Waals surface area contributed by atoms with Gasteiger partial charge in [-0.25, -0.2) is 4.79 Å². The number of esters is 1. The Morgan fingerprint density at radius 3 is 2.53 bits per heavy atom. The minimum atomic E-state index is -0.481. The number of ether oxygens (including phenoxy) is 1. The van der Waals surface area contributed by atoms with E-state index >= 15 is 0 Å². The molecule has 1 rings (SSSR count). The number of nitrogens with zero attached hydrogens (tertiary/aromatic N) is 1. The summed E-state index contributed by atoms with van der Waals surface area (Å²) in [6, 6.07) is 9.04. The molecule has 0 amide bonds. The highest BCUT2D eigenvalue weighted by Crippen LogP contribution is 2.03. The zero-order valence-electron chi connectivity index (χ0n) is 8.77. The summed E-state index contributed by atoms with van der Waals surface area (Å²) in [7, 11) is 1.39. The third-order valence-electron chi connectivity index (χ3n) is 1.70. The van der Waals surface area contributed by atoms with E-state index in [1.54, 1.807) is 19.1 Å². The van der Waals surface area contributed by atoms with Gasteiger partial charge in [-0.1, -0.05) is 35.5 Å². The Labute approximate surface area is 88.5 Å². The summed E-state index contributed by atoms with van der Waals surface area (Å²) in [5.41, 5.74) is 0.859. The van der Waals surface area contributed by atoms with Crippen molar-refractivity contribution in [2.45, 2.75) is 6.92 Å². The summed E-state index contributed by atoms with van der Waals surface area (Å²) in [5, 5.41) is 3.66. The Kier molecular flexibility index (Phi) is 4.34. The van der Waals surface area contributed by atoms with Crippen molar-refractivity contribution in [1.29, 1.82) is 0 Å². The van der Waals surface area contributed by atoms with Gasteiger partial charge in [0.15, 0.2) is 5.71 Å². The van der Waals surface area contributed by atoms with Gasteiger partial charge in [-0.2, -0.15) is 0 Å². The van der Waals surface area contributed by atoms with Crippen molar-refractivity contribution in [2.24, 2.45) is 5.16 Å². The second-order valence-electron chi connectivity index (χ2n) is 2.71. The molecule has 15 heavy (non-hydrogen) atoms. The van der Waals surface area contributed by atoms with E-state index < -0.39 is 5.97 Å². The fourth-order valence-electron chi connectivity index (χ4n) is 1.09. The highest BCUT2D eigenvalue weighted by Gasteiger charge is 2.15. The van der Waals surface area contributed by atoms with E-state index in [1.165, 1.54) is 7.11 Å². The van der Waals surface area contributed by atoms with Crippen LogP contribution in [0, 0.1) is 0 Å². The van der Waals surface area contributed by atoms with Crippen LogP contribution in [0.25, 0.3) is 0 Å². The molecule has 0 spiro atoms. The van der Waals surface area contributed by atoms with E-state index in [9.17, 15) is 4.79 Å². The van der Waals surface area contributed by atoms with Crippen LogP contribution in [0.2, 0.25) is 0 Å². The largest absolute Gasteiger partial charge is 0.461 e. The molecule has 4 heteroatoms. The van der Waals surface area contributed by atoms with Crippen molar-refractivity contribution in [2.75, 3.05) is 13.7 Å². The molecule has 0 saturated carbocycles. The molecule has 0 fully saturated rings. The Bertz CT molecular complexity index is 346. The number of benzene rings is 1. The third kappa shape index (κ3) is 3.09. The minimum absolute atomic E-state index is 0.181. The summed E-state index contributed by atoms with van der Waals surface area (Å²) in [6.45, 7) is 2.06. The van der Waals surface area contributed by atoms with E-state index in [4.69, 9.17) is 4.74 Å². The maximum absolute atomic E-state index is 11.5. The molecule has 1 aromatic rings. The highest BCUT2D eigenvalue weighted by molar-refractivity contribution is 6.43. The van der Waals surface area contributed by atoms with Gasteiger partial charge in [0.2, 0.25) is 0 Å². The topological polar surface area (TPSA) is 47.9 Å². The second kappa shape index (κ2) is 5.80. The Hall–Kier alpha value is -1.84. The SMILES string of the molecule is CCOC(=O)/C(=N\OC)c1ccccc1. The fraction of sp³-hybridized carbons (Fsp3) is 0.273. The molecular weight excluding hydrogens is 194 g/mol. The molecule has 1 aromatic carbocycles. The van der Waals surface area contributed by atoms with Gasteiger partial charge in [0.25, 0.3) is 0 Å². The van der Waals surface area contributed by atoms with E-state index in [1.807, 2.05) is 18.2 Å². The zero-order valence-corrected chi connectivity index (χ0v) is 8.77. The molecule has 0 N–H and O–H groups in total. The van der Waals surface area contributed by atoms with Crippen LogP contribution < -0.4 is 0 Å². The van der Waals surface area contributed by atoms with E-state index in [2.05, 4.69) is 9.99 Å². The molecule has 80 valence electrons. The van der Waals surface area contributed by atoms with Crippen LogP contribution in [0.5, 0.6) is 0 Å². The number of carbonyl (C=O) groups excluding carboxylic acids is 1. The summed E-state index contributed by atoms with van der Waals surface area (Å²) in [4.78, 5) is 16.1. The lowest BCUT2D eigenvalue weighted by molar-refractivity contribution is -0.135. The zero-order chi connectivity index (χ0) is 11.1. The Morgan fingerprint density at radius 1 is 1.33 bits per heavy atom. The first-order valence-corrected chi connectivity index (χ1v) is 4.63. The molecule has 0 saturated heterocycles. The molecular formula is C11H13NO3. The first-order valence-electron chi connectivity index (χ1n) is 4.63. The molecule has 0 aliphatic carbocycles. The number of carbonyl (C=O) groups is 1. The van der Waals surface area contributed by atoms with Crippen LogP contribution >= 0.6 is 0 Å². The maximum Gasteiger partial charge on any atom is 0.361 e. The normalized spacial score (nSPS) is 10.9. The average Bonchev–Trinajstić information content (AvgIpc) is 2.27. The maximum atomic E-state index is 11.5. The second-order valence-corrected chi connectivity index (χ2v) is 2.71. The van der Waals surface area contributed by atoms with Crippen LogP contribution in [0.15, 0.2) is 35.5 Å². The predicted octanol–water partition coefficient (Wildman–Crippen LogP) is 1.60. The van der Waals surface area contributed by atoms with Crippen molar-refractivity contribution in [1.82, 2.24) is 0 Å². The predicted molar refractivity (Wildman–Crippen MR) is 56.6 cm³/mol. The van der Waals surface area contributed by atoms with Crippen LogP contribution in [-0.4, -0.2) is 25.4 Å². The van der Waals surface area contributed by atoms with Crippen molar-refractivity contribution < 1.29 is 14.4 Å². The van der Waals surface area contributed by atoms with Crippen molar-refractivity contribution in [3.8, 4) is 0 Å². The van der Waals surface area contributed by atoms with Crippen LogP contribution in [-0.2, 0) is 14.4 Å². The lowest BCUT2D eigenvalue weighted by Crippen LogP contribution is -2.19. The van der Waals surface area contributed by atoms with Crippen LogP contribution in [0.1, 0.15) is 12.5 Å². The van der Waals surface area contributed by atoms with Gasteiger partial charge in [-0.3, -0.25) is 0 Å². The molecule has 0 radical (unpaired) electrons. The van der Waals surface area contributed by atoms with Gasteiger partial charge in [-0.15, -0.1) is 0 Å². The summed E-state index contributed by atoms with van der Waals surface area (Å²) in [6.07, 6.45) is 0. The van der Waals surface area contributed by atoms with Gasteiger partial charge in [0.05, 0.1) is 6.61 Å². The smallest absolute Gasteiger partial charge is 0.361 e. The Balaban J connectivity index is 2.94. The minimum Gasteiger partial charge on any atom is -0.461 e. The summed E-state index contributed by atoms with van der Waals surface area (Å²) in [5.74, 6) is -0.481. The highest BCUT2D eigenvalue weighted by atomic mass is 16.6. The van der Waals surface area contributed by atoms with E-state index in [0.29, 0.717) is 12.2 Å². The molecule has 0 unspecified atom stereocenters. The average molecular weight is 207 g/mol. The van der Waals surface area contributed by atoms with E-state index in [0.717, 1.165) is 0 Å². The van der Waals surface area contributed by atoms with Gasteiger partial charge in [0.1, 0.15) is 7.11 Å². The third-order valence-corrected chi connectivity index (χ3v) is 1.70. The lowest BCUT2D eigenvalue weighted by Gasteiger charge is -2.04. The first-order chi connectivity index (χ1) is 7.29. The first kappa shape index (κ1) is 11.2. The summed E-state index contributed by atoms with van der Waals surface area (Å²) >= 11 is 0. The Morgan fingerprint density at radius 2 is 2.00 bits per heavy atom. The monoisotopic (exact) mass is 207 g/mol. The molecule has 0 heterocycles. The molecule has 0 atom stereocenters. The fourth-order valence-corrected chi connectivity index (χ4v) is 1.09. The molecule has 0 aliphatic heterocycles. The van der Waals surface area contributed by atoms with Crippen LogP contribution in [0.3, 0.4) is 0 Å². The summed E-state index contributed by atoms with van der Waals surface area (Å²) < 4.78 is 4.86. The van der Waals surface area contributed by atoms with Gasteiger partial charge >= 0.3 is 5.97 Å². The van der Waals surface area contributed by atoms with Gasteiger partial charge in [-0.05, 0) is 6.92 Å². The molecule has 0 bridgehead atoms. The van der Waals surface area contributed by atoms with Crippen molar-refractivity contribution >= 4 is 11.7 Å².